The predicted molar refractivity (Wildman–Crippen MR) is 74.2 cm³/mol. The number of carbonyl (C=O) groups excluding carboxylic acids is 1. The van der Waals surface area contributed by atoms with Crippen LogP contribution in [0.25, 0.3) is 0 Å². The number of benzene rings is 1. The lowest BCUT2D eigenvalue weighted by molar-refractivity contribution is 0.0285. The van der Waals surface area contributed by atoms with Crippen molar-refractivity contribution in [2.75, 3.05) is 27.4 Å². The SMILES string of the molecule is COCC(CNC(=O)c1cccc(I)c1)OC. The van der Waals surface area contributed by atoms with Gasteiger partial charge >= 0.3 is 0 Å². The van der Waals surface area contributed by atoms with E-state index in [9.17, 15) is 4.79 Å². The number of hydrogen-bond donors (Lipinski definition) is 1. The number of methoxy groups -OCH3 is 2. The van der Waals surface area contributed by atoms with E-state index in [0.29, 0.717) is 18.7 Å². The highest BCUT2D eigenvalue weighted by molar-refractivity contribution is 14.1. The maximum absolute atomic E-state index is 11.8. The molecule has 0 aliphatic carbocycles. The van der Waals surface area contributed by atoms with Gasteiger partial charge in [-0.25, -0.2) is 0 Å². The molecule has 0 bridgehead atoms. The minimum atomic E-state index is -0.119. The van der Waals surface area contributed by atoms with Crippen molar-refractivity contribution in [2.45, 2.75) is 6.10 Å². The smallest absolute Gasteiger partial charge is 0.251 e. The van der Waals surface area contributed by atoms with Gasteiger partial charge in [-0.15, -0.1) is 0 Å². The van der Waals surface area contributed by atoms with Crippen molar-refractivity contribution in [1.82, 2.24) is 5.32 Å². The Morgan fingerprint density at radius 1 is 1.47 bits per heavy atom. The summed E-state index contributed by atoms with van der Waals surface area (Å²) in [5, 5.41) is 2.81. The van der Waals surface area contributed by atoms with Crippen LogP contribution in [0, 0.1) is 3.57 Å². The summed E-state index contributed by atoms with van der Waals surface area (Å²) in [5.41, 5.74) is 0.657. The highest BCUT2D eigenvalue weighted by Crippen LogP contribution is 2.07. The quantitative estimate of drug-likeness (QED) is 0.795. The highest BCUT2D eigenvalue weighted by atomic mass is 127. The van der Waals surface area contributed by atoms with E-state index in [1.807, 2.05) is 18.2 Å². The van der Waals surface area contributed by atoms with Crippen LogP contribution in [-0.4, -0.2) is 39.4 Å². The molecule has 1 aromatic rings. The average Bonchev–Trinajstić information content (AvgIpc) is 2.34. The molecule has 94 valence electrons. The fourth-order valence-corrected chi connectivity index (χ4v) is 1.88. The predicted octanol–water partition coefficient (Wildman–Crippen LogP) is 1.68. The summed E-state index contributed by atoms with van der Waals surface area (Å²) >= 11 is 2.18. The molecule has 17 heavy (non-hydrogen) atoms. The van der Waals surface area contributed by atoms with Crippen molar-refractivity contribution in [3.8, 4) is 0 Å². The molecule has 0 saturated heterocycles. The number of halogens is 1. The zero-order chi connectivity index (χ0) is 12.7. The lowest BCUT2D eigenvalue weighted by Crippen LogP contribution is -2.35. The van der Waals surface area contributed by atoms with E-state index < -0.39 is 0 Å². The molecule has 1 atom stereocenters. The maximum Gasteiger partial charge on any atom is 0.251 e. The molecule has 4 nitrogen and oxygen atoms in total. The summed E-state index contributed by atoms with van der Waals surface area (Å²) in [7, 11) is 3.20. The zero-order valence-corrected chi connectivity index (χ0v) is 12.1. The summed E-state index contributed by atoms with van der Waals surface area (Å²) in [6.45, 7) is 0.901. The van der Waals surface area contributed by atoms with E-state index in [4.69, 9.17) is 9.47 Å². The lowest BCUT2D eigenvalue weighted by Gasteiger charge is -2.15. The van der Waals surface area contributed by atoms with Crippen molar-refractivity contribution >= 4 is 28.5 Å². The van der Waals surface area contributed by atoms with E-state index in [1.165, 1.54) is 0 Å². The van der Waals surface area contributed by atoms with Crippen molar-refractivity contribution < 1.29 is 14.3 Å². The van der Waals surface area contributed by atoms with Gasteiger partial charge in [0.05, 0.1) is 12.7 Å². The number of ether oxygens (including phenoxy) is 2. The van der Waals surface area contributed by atoms with Gasteiger partial charge in [-0.2, -0.15) is 0 Å². The Morgan fingerprint density at radius 3 is 2.82 bits per heavy atom. The third-order valence-corrected chi connectivity index (χ3v) is 2.93. The third kappa shape index (κ3) is 5.01. The molecule has 0 saturated carbocycles. The first-order valence-electron chi connectivity index (χ1n) is 5.23. The second-order valence-electron chi connectivity index (χ2n) is 3.53. The molecule has 1 rings (SSSR count). The van der Waals surface area contributed by atoms with Crippen LogP contribution in [0.15, 0.2) is 24.3 Å². The van der Waals surface area contributed by atoms with Gasteiger partial charge in [0, 0.05) is 29.9 Å². The molecule has 1 N–H and O–H groups in total. The highest BCUT2D eigenvalue weighted by Gasteiger charge is 2.10. The Bertz CT molecular complexity index is 371. The molecular weight excluding hydrogens is 333 g/mol. The number of carbonyl (C=O) groups is 1. The molecule has 0 spiro atoms. The first-order valence-corrected chi connectivity index (χ1v) is 6.30. The van der Waals surface area contributed by atoms with Crippen molar-refractivity contribution in [2.24, 2.45) is 0 Å². The Balaban J connectivity index is 2.49. The summed E-state index contributed by atoms with van der Waals surface area (Å²) in [6, 6.07) is 7.43. The average molecular weight is 349 g/mol. The van der Waals surface area contributed by atoms with Crippen LogP contribution >= 0.6 is 22.6 Å². The maximum atomic E-state index is 11.8. The molecule has 0 aliphatic rings. The van der Waals surface area contributed by atoms with Crippen LogP contribution in [0.5, 0.6) is 0 Å². The van der Waals surface area contributed by atoms with Crippen LogP contribution in [-0.2, 0) is 9.47 Å². The van der Waals surface area contributed by atoms with Crippen molar-refractivity contribution in [1.29, 1.82) is 0 Å². The van der Waals surface area contributed by atoms with E-state index >= 15 is 0 Å². The summed E-state index contributed by atoms with van der Waals surface area (Å²) < 4.78 is 11.2. The second-order valence-corrected chi connectivity index (χ2v) is 4.78. The normalized spacial score (nSPS) is 12.2. The van der Waals surface area contributed by atoms with E-state index in [0.717, 1.165) is 3.57 Å². The van der Waals surface area contributed by atoms with Gasteiger partial charge in [0.15, 0.2) is 0 Å². The Hall–Kier alpha value is -0.660. The number of hydrogen-bond acceptors (Lipinski definition) is 3. The second kappa shape index (κ2) is 7.62. The van der Waals surface area contributed by atoms with Crippen molar-refractivity contribution in [3.05, 3.63) is 33.4 Å². The molecular formula is C12H16INO3. The van der Waals surface area contributed by atoms with Gasteiger partial charge in [-0.1, -0.05) is 6.07 Å². The molecule has 1 amide bonds. The summed E-state index contributed by atoms with van der Waals surface area (Å²) in [5.74, 6) is -0.0957. The lowest BCUT2D eigenvalue weighted by atomic mass is 10.2. The number of nitrogens with one attached hydrogen (secondary N) is 1. The minimum Gasteiger partial charge on any atom is -0.382 e. The standard InChI is InChI=1S/C12H16INO3/c1-16-8-11(17-2)7-14-12(15)9-4-3-5-10(13)6-9/h3-6,11H,7-8H2,1-2H3,(H,14,15). The molecule has 1 unspecified atom stereocenters. The Morgan fingerprint density at radius 2 is 2.24 bits per heavy atom. The topological polar surface area (TPSA) is 47.6 Å². The largest absolute Gasteiger partial charge is 0.382 e. The number of rotatable bonds is 6. The van der Waals surface area contributed by atoms with E-state index in [1.54, 1.807) is 20.3 Å². The fraction of sp³-hybridized carbons (Fsp3) is 0.417. The van der Waals surface area contributed by atoms with Crippen LogP contribution in [0.2, 0.25) is 0 Å². The molecule has 0 radical (unpaired) electrons. The van der Waals surface area contributed by atoms with Crippen LogP contribution < -0.4 is 5.32 Å². The minimum absolute atomic E-state index is 0.0957. The van der Waals surface area contributed by atoms with Crippen LogP contribution in [0.1, 0.15) is 10.4 Å². The number of amides is 1. The summed E-state index contributed by atoms with van der Waals surface area (Å²) in [4.78, 5) is 11.8. The molecule has 0 heterocycles. The van der Waals surface area contributed by atoms with Gasteiger partial charge in [0.2, 0.25) is 0 Å². The Kier molecular flexibility index (Phi) is 6.46. The van der Waals surface area contributed by atoms with Crippen LogP contribution in [0.4, 0.5) is 0 Å². The monoisotopic (exact) mass is 349 g/mol. The van der Waals surface area contributed by atoms with Gasteiger partial charge in [-0.05, 0) is 40.8 Å². The molecule has 5 heteroatoms. The summed E-state index contributed by atoms with van der Waals surface area (Å²) in [6.07, 6.45) is -0.119. The molecule has 1 aromatic carbocycles. The zero-order valence-electron chi connectivity index (χ0n) is 9.90. The van der Waals surface area contributed by atoms with Crippen LogP contribution in [0.3, 0.4) is 0 Å². The first-order chi connectivity index (χ1) is 8.17. The fourth-order valence-electron chi connectivity index (χ4n) is 1.33. The molecule has 0 aliphatic heterocycles. The van der Waals surface area contributed by atoms with Crippen molar-refractivity contribution in [3.63, 3.8) is 0 Å². The third-order valence-electron chi connectivity index (χ3n) is 2.26. The molecule has 0 fully saturated rings. The Labute approximate surface area is 115 Å². The molecule has 0 aromatic heterocycles. The van der Waals surface area contributed by atoms with E-state index in [-0.39, 0.29) is 12.0 Å². The van der Waals surface area contributed by atoms with Gasteiger partial charge < -0.3 is 14.8 Å². The first kappa shape index (κ1) is 14.4. The van der Waals surface area contributed by atoms with Gasteiger partial charge in [0.25, 0.3) is 5.91 Å². The van der Waals surface area contributed by atoms with E-state index in [2.05, 4.69) is 27.9 Å². The van der Waals surface area contributed by atoms with Gasteiger partial charge in [0.1, 0.15) is 0 Å². The van der Waals surface area contributed by atoms with Gasteiger partial charge in [-0.3, -0.25) is 4.79 Å².